The van der Waals surface area contributed by atoms with Crippen molar-refractivity contribution in [3.05, 3.63) is 47.4 Å². The van der Waals surface area contributed by atoms with Crippen molar-refractivity contribution in [1.29, 1.82) is 5.41 Å². The summed E-state index contributed by atoms with van der Waals surface area (Å²) in [4.78, 5) is 0. The van der Waals surface area contributed by atoms with E-state index in [2.05, 4.69) is 36.6 Å². The number of hydrogen-bond donors (Lipinski definition) is 2. The first-order valence-corrected chi connectivity index (χ1v) is 10.5. The summed E-state index contributed by atoms with van der Waals surface area (Å²) in [7, 11) is 0. The van der Waals surface area contributed by atoms with Gasteiger partial charge in [-0.15, -0.1) is 0 Å². The van der Waals surface area contributed by atoms with Crippen LogP contribution in [0.2, 0.25) is 0 Å². The Kier molecular flexibility index (Phi) is 6.54. The van der Waals surface area contributed by atoms with Gasteiger partial charge in [-0.25, -0.2) is 0 Å². The van der Waals surface area contributed by atoms with Crippen molar-refractivity contribution in [2.75, 3.05) is 5.73 Å². The minimum absolute atomic E-state index is 0.571. The molecule has 0 saturated heterocycles. The van der Waals surface area contributed by atoms with E-state index in [1.807, 2.05) is 18.2 Å². The van der Waals surface area contributed by atoms with E-state index in [1.165, 1.54) is 72.7 Å². The van der Waals surface area contributed by atoms with Crippen LogP contribution in [0, 0.1) is 5.41 Å². The number of hydrogen-bond acceptors (Lipinski definition) is 2. The molecule has 1 aliphatic heterocycles. The fourth-order valence-corrected chi connectivity index (χ4v) is 4.19. The molecule has 0 amide bonds. The van der Waals surface area contributed by atoms with E-state index in [-0.39, 0.29) is 0 Å². The van der Waals surface area contributed by atoms with Crippen molar-refractivity contribution in [2.45, 2.75) is 71.8 Å². The van der Waals surface area contributed by atoms with Gasteiger partial charge in [0.15, 0.2) is 0 Å². The highest BCUT2D eigenvalue weighted by Crippen LogP contribution is 2.35. The van der Waals surface area contributed by atoms with Gasteiger partial charge in [0.2, 0.25) is 0 Å². The Morgan fingerprint density at radius 3 is 2.33 bits per heavy atom. The van der Waals surface area contributed by atoms with Gasteiger partial charge in [0.05, 0.1) is 11.1 Å². The van der Waals surface area contributed by atoms with E-state index in [0.29, 0.717) is 5.36 Å². The summed E-state index contributed by atoms with van der Waals surface area (Å²) in [6.45, 7) is 5.38. The van der Waals surface area contributed by atoms with E-state index in [9.17, 15) is 0 Å². The smallest absolute Gasteiger partial charge is 0.0561 e. The van der Waals surface area contributed by atoms with Crippen molar-refractivity contribution in [3.63, 3.8) is 0 Å². The largest absolute Gasteiger partial charge is 0.399 e. The van der Waals surface area contributed by atoms with Crippen LogP contribution in [-0.2, 0) is 13.0 Å². The van der Waals surface area contributed by atoms with E-state index in [4.69, 9.17) is 11.1 Å². The fraction of sp³-hybridized carbons (Fsp3) is 0.458. The lowest BCUT2D eigenvalue weighted by Gasteiger charge is -2.23. The number of nitrogens with zero attached hydrogens (tertiary/aromatic N) is 1. The molecule has 3 N–H and O–H groups in total. The van der Waals surface area contributed by atoms with E-state index < -0.39 is 0 Å². The SMILES string of the molecule is CCCCCCCCCc1c2cc(N)ccc2c2ccc(=N)cc-2n1CC. The minimum Gasteiger partial charge on any atom is -0.399 e. The highest BCUT2D eigenvalue weighted by molar-refractivity contribution is 5.99. The first-order valence-electron chi connectivity index (χ1n) is 10.5. The molecule has 1 heterocycles. The Hall–Kier alpha value is -2.29. The Balaban J connectivity index is 1.95. The van der Waals surface area contributed by atoms with Crippen LogP contribution >= 0.6 is 0 Å². The van der Waals surface area contributed by atoms with Crippen molar-refractivity contribution >= 4 is 16.5 Å². The molecule has 0 aromatic heterocycles. The predicted molar refractivity (Wildman–Crippen MR) is 116 cm³/mol. The lowest BCUT2D eigenvalue weighted by atomic mass is 9.95. The van der Waals surface area contributed by atoms with Crippen LogP contribution < -0.4 is 11.1 Å². The third-order valence-corrected chi connectivity index (χ3v) is 5.59. The lowest BCUT2D eigenvalue weighted by Crippen LogP contribution is -2.13. The molecule has 27 heavy (non-hydrogen) atoms. The molecule has 0 radical (unpaired) electrons. The second kappa shape index (κ2) is 9.07. The molecular formula is C24H33N3. The molecule has 0 fully saturated rings. The van der Waals surface area contributed by atoms with Gasteiger partial charge in [-0.1, -0.05) is 57.6 Å². The second-order valence-corrected chi connectivity index (χ2v) is 7.60. The highest BCUT2D eigenvalue weighted by atomic mass is 15.0. The third-order valence-electron chi connectivity index (χ3n) is 5.59. The molecule has 0 saturated carbocycles. The molecule has 0 unspecified atom stereocenters. The number of nitrogen functional groups attached to an aromatic ring is 1. The topological polar surface area (TPSA) is 54.8 Å². The number of fused-ring (bicyclic) bond motifs is 3. The summed E-state index contributed by atoms with van der Waals surface area (Å²) in [5.74, 6) is 0. The molecular weight excluding hydrogens is 330 g/mol. The number of rotatable bonds is 9. The molecule has 1 aliphatic carbocycles. The van der Waals surface area contributed by atoms with Gasteiger partial charge in [-0.05, 0) is 49.4 Å². The Morgan fingerprint density at radius 1 is 0.852 bits per heavy atom. The molecule has 0 bridgehead atoms. The van der Waals surface area contributed by atoms with Crippen molar-refractivity contribution in [3.8, 4) is 11.3 Å². The van der Waals surface area contributed by atoms with Crippen LogP contribution in [0.25, 0.3) is 22.0 Å². The number of pyridine rings is 1. The first kappa shape index (κ1) is 19.5. The van der Waals surface area contributed by atoms with Crippen LogP contribution in [0.1, 0.15) is 64.5 Å². The summed E-state index contributed by atoms with van der Waals surface area (Å²) in [6.07, 6.45) is 10.3. The molecule has 0 spiro atoms. The number of aromatic nitrogens is 1. The normalized spacial score (nSPS) is 11.5. The summed E-state index contributed by atoms with van der Waals surface area (Å²) < 4.78 is 2.40. The molecule has 0 atom stereocenters. The van der Waals surface area contributed by atoms with Gasteiger partial charge in [-0.2, -0.15) is 0 Å². The zero-order valence-electron chi connectivity index (χ0n) is 16.9. The fourth-order valence-electron chi connectivity index (χ4n) is 4.19. The number of aryl methyl sites for hydroxylation is 1. The van der Waals surface area contributed by atoms with Gasteiger partial charge in [0, 0.05) is 28.9 Å². The number of nitrogens with one attached hydrogen (secondary N) is 1. The van der Waals surface area contributed by atoms with Crippen molar-refractivity contribution < 1.29 is 0 Å². The van der Waals surface area contributed by atoms with E-state index >= 15 is 0 Å². The Labute approximate surface area is 163 Å². The third kappa shape index (κ3) is 4.35. The standard InChI is InChI=1S/C24H33N3/c1-3-5-6-7-8-9-10-11-23-22-16-18(25)12-14-20(22)21-15-13-19(26)17-24(21)27(23)4-2/h12-17,26H,3-11,25H2,1-2H3. The lowest BCUT2D eigenvalue weighted by molar-refractivity contribution is 0.580. The number of benzene rings is 2. The molecule has 1 aromatic carbocycles. The van der Waals surface area contributed by atoms with Crippen LogP contribution in [0.3, 0.4) is 0 Å². The molecule has 3 nitrogen and oxygen atoms in total. The summed E-state index contributed by atoms with van der Waals surface area (Å²) in [6, 6.07) is 12.2. The van der Waals surface area contributed by atoms with Crippen molar-refractivity contribution in [1.82, 2.24) is 4.57 Å². The predicted octanol–water partition coefficient (Wildman–Crippen LogP) is 6.12. The average Bonchev–Trinajstić information content (AvgIpc) is 2.66. The van der Waals surface area contributed by atoms with E-state index in [1.54, 1.807) is 0 Å². The number of anilines is 1. The maximum absolute atomic E-state index is 8.08. The first-order chi connectivity index (χ1) is 13.2. The van der Waals surface area contributed by atoms with Crippen LogP contribution in [0.5, 0.6) is 0 Å². The maximum atomic E-state index is 8.08. The second-order valence-electron chi connectivity index (χ2n) is 7.60. The molecule has 3 heteroatoms. The van der Waals surface area contributed by atoms with Crippen LogP contribution in [0.4, 0.5) is 5.69 Å². The van der Waals surface area contributed by atoms with Crippen LogP contribution in [-0.4, -0.2) is 4.57 Å². The van der Waals surface area contributed by atoms with Gasteiger partial charge in [-0.3, -0.25) is 0 Å². The molecule has 3 rings (SSSR count). The van der Waals surface area contributed by atoms with Gasteiger partial charge in [0.1, 0.15) is 0 Å². The monoisotopic (exact) mass is 363 g/mol. The molecule has 1 aromatic rings. The molecule has 2 aliphatic rings. The number of nitrogens with two attached hydrogens (primary N) is 1. The molecule has 144 valence electrons. The van der Waals surface area contributed by atoms with Crippen molar-refractivity contribution in [2.24, 2.45) is 0 Å². The average molecular weight is 364 g/mol. The van der Waals surface area contributed by atoms with Gasteiger partial charge < -0.3 is 15.7 Å². The van der Waals surface area contributed by atoms with Gasteiger partial charge in [0.25, 0.3) is 0 Å². The summed E-state index contributed by atoms with van der Waals surface area (Å²) >= 11 is 0. The Bertz CT molecular complexity index is 923. The Morgan fingerprint density at radius 2 is 1.59 bits per heavy atom. The van der Waals surface area contributed by atoms with E-state index in [0.717, 1.165) is 18.7 Å². The summed E-state index contributed by atoms with van der Waals surface area (Å²) in [5.41, 5.74) is 10.7. The zero-order valence-corrected chi connectivity index (χ0v) is 16.9. The summed E-state index contributed by atoms with van der Waals surface area (Å²) in [5, 5.41) is 11.2. The highest BCUT2D eigenvalue weighted by Gasteiger charge is 2.16. The quantitative estimate of drug-likeness (QED) is 0.268. The van der Waals surface area contributed by atoms with Gasteiger partial charge >= 0.3 is 0 Å². The number of unbranched alkanes of at least 4 members (excludes halogenated alkanes) is 6. The minimum atomic E-state index is 0.571. The maximum Gasteiger partial charge on any atom is 0.0561 e. The zero-order chi connectivity index (χ0) is 19.2. The van der Waals surface area contributed by atoms with Crippen LogP contribution in [0.15, 0.2) is 36.4 Å².